The summed E-state index contributed by atoms with van der Waals surface area (Å²) in [5, 5.41) is 15.3. The molecule has 0 aromatic heterocycles. The van der Waals surface area contributed by atoms with E-state index in [1.54, 1.807) is 20.8 Å². The Morgan fingerprint density at radius 3 is 2.79 bits per heavy atom. The summed E-state index contributed by atoms with van der Waals surface area (Å²) >= 11 is 0. The molecule has 0 saturated carbocycles. The Balaban J connectivity index is 2.87. The van der Waals surface area contributed by atoms with E-state index in [0.29, 0.717) is 11.3 Å². The number of phenolic OH excluding ortho intramolecular Hbond substituents is 1. The summed E-state index contributed by atoms with van der Waals surface area (Å²) in [4.78, 5) is 14.3. The fraction of sp³-hybridized carbons (Fsp3) is 0.417. The van der Waals surface area contributed by atoms with Crippen molar-refractivity contribution >= 4 is 11.8 Å². The number of hydrogen-bond acceptors (Lipinski definition) is 4. The van der Waals surface area contributed by atoms with Gasteiger partial charge in [0.25, 0.3) is 0 Å². The van der Waals surface area contributed by atoms with Crippen LogP contribution in [0.1, 0.15) is 26.3 Å². The first-order valence-corrected chi connectivity index (χ1v) is 5.64. The van der Waals surface area contributed by atoms with Crippen molar-refractivity contribution in [1.29, 1.82) is 0 Å². The predicted octanol–water partition coefficient (Wildman–Crippen LogP) is 3.55. The molecular formula is C12H16N4O3. The highest BCUT2D eigenvalue weighted by Crippen LogP contribution is 2.23. The van der Waals surface area contributed by atoms with Gasteiger partial charge in [-0.25, -0.2) is 4.79 Å². The third kappa shape index (κ3) is 5.18. The van der Waals surface area contributed by atoms with E-state index in [1.165, 1.54) is 18.2 Å². The SMILES string of the molecule is CC(C)(C)OC(=O)Nc1ccc(O)cc1CN=[N+]=[N-]. The zero-order chi connectivity index (χ0) is 14.5. The molecule has 0 aliphatic rings. The van der Waals surface area contributed by atoms with E-state index >= 15 is 0 Å². The van der Waals surface area contributed by atoms with Crippen molar-refractivity contribution in [3.63, 3.8) is 0 Å². The van der Waals surface area contributed by atoms with Crippen molar-refractivity contribution in [3.05, 3.63) is 34.2 Å². The van der Waals surface area contributed by atoms with Crippen molar-refractivity contribution in [1.82, 2.24) is 0 Å². The highest BCUT2D eigenvalue weighted by molar-refractivity contribution is 5.86. The van der Waals surface area contributed by atoms with Crippen LogP contribution in [0, 0.1) is 0 Å². The summed E-state index contributed by atoms with van der Waals surface area (Å²) in [7, 11) is 0. The Labute approximate surface area is 110 Å². The van der Waals surface area contributed by atoms with Crippen molar-refractivity contribution in [2.24, 2.45) is 5.11 Å². The normalized spacial score (nSPS) is 10.5. The van der Waals surface area contributed by atoms with Gasteiger partial charge in [-0.3, -0.25) is 5.32 Å². The maximum absolute atomic E-state index is 11.6. The molecule has 0 heterocycles. The van der Waals surface area contributed by atoms with Crippen LogP contribution in [0.25, 0.3) is 10.4 Å². The average Bonchev–Trinajstić information content (AvgIpc) is 2.27. The number of carbonyl (C=O) groups excluding carboxylic acids is 1. The Morgan fingerprint density at radius 1 is 1.53 bits per heavy atom. The molecule has 1 aromatic rings. The number of rotatable bonds is 3. The predicted molar refractivity (Wildman–Crippen MR) is 70.8 cm³/mol. The van der Waals surface area contributed by atoms with Crippen LogP contribution in [0.3, 0.4) is 0 Å². The van der Waals surface area contributed by atoms with E-state index in [4.69, 9.17) is 10.3 Å². The molecule has 7 heteroatoms. The van der Waals surface area contributed by atoms with Crippen molar-refractivity contribution in [2.75, 3.05) is 5.32 Å². The van der Waals surface area contributed by atoms with E-state index < -0.39 is 11.7 Å². The molecule has 0 bridgehead atoms. The highest BCUT2D eigenvalue weighted by Gasteiger charge is 2.17. The average molecular weight is 264 g/mol. The van der Waals surface area contributed by atoms with Crippen LogP contribution in [-0.4, -0.2) is 16.8 Å². The minimum Gasteiger partial charge on any atom is -0.508 e. The van der Waals surface area contributed by atoms with Gasteiger partial charge in [-0.1, -0.05) is 5.11 Å². The Bertz CT molecular complexity index is 516. The Morgan fingerprint density at radius 2 is 2.21 bits per heavy atom. The molecule has 2 N–H and O–H groups in total. The maximum Gasteiger partial charge on any atom is 0.412 e. The fourth-order valence-corrected chi connectivity index (χ4v) is 1.35. The number of nitrogens with zero attached hydrogens (tertiary/aromatic N) is 3. The van der Waals surface area contributed by atoms with Gasteiger partial charge >= 0.3 is 6.09 Å². The number of hydrogen-bond donors (Lipinski definition) is 2. The summed E-state index contributed by atoms with van der Waals surface area (Å²) in [6.45, 7) is 5.29. The third-order valence-corrected chi connectivity index (χ3v) is 2.03. The zero-order valence-corrected chi connectivity index (χ0v) is 11.0. The van der Waals surface area contributed by atoms with Crippen LogP contribution in [0.5, 0.6) is 5.75 Å². The van der Waals surface area contributed by atoms with Gasteiger partial charge in [-0.05, 0) is 50.1 Å². The van der Waals surface area contributed by atoms with Crippen LogP contribution in [0.2, 0.25) is 0 Å². The van der Waals surface area contributed by atoms with Crippen LogP contribution in [-0.2, 0) is 11.3 Å². The molecule has 1 aromatic carbocycles. The van der Waals surface area contributed by atoms with Gasteiger partial charge in [0.15, 0.2) is 0 Å². The number of phenols is 1. The lowest BCUT2D eigenvalue weighted by Gasteiger charge is -2.20. The lowest BCUT2D eigenvalue weighted by atomic mass is 10.1. The van der Waals surface area contributed by atoms with Crippen molar-refractivity contribution in [3.8, 4) is 5.75 Å². The molecule has 102 valence electrons. The molecule has 0 atom stereocenters. The summed E-state index contributed by atoms with van der Waals surface area (Å²) < 4.78 is 5.12. The number of benzene rings is 1. The number of nitrogens with one attached hydrogen (secondary N) is 1. The molecular weight excluding hydrogens is 248 g/mol. The second-order valence-electron chi connectivity index (χ2n) is 4.86. The van der Waals surface area contributed by atoms with E-state index in [9.17, 15) is 9.90 Å². The van der Waals surface area contributed by atoms with Gasteiger partial charge in [0.1, 0.15) is 11.4 Å². The second kappa shape index (κ2) is 5.97. The minimum absolute atomic E-state index is 0.0238. The Hall–Kier alpha value is -2.40. The van der Waals surface area contributed by atoms with E-state index in [2.05, 4.69) is 15.3 Å². The standard InChI is InChI=1S/C12H16N4O3/c1-12(2,3)19-11(18)15-10-5-4-9(17)6-8(10)7-14-16-13/h4-6,17H,7H2,1-3H3,(H,15,18). The molecule has 0 aliphatic heterocycles. The van der Waals surface area contributed by atoms with Gasteiger partial charge in [-0.15, -0.1) is 0 Å². The van der Waals surface area contributed by atoms with Crippen LogP contribution >= 0.6 is 0 Å². The summed E-state index contributed by atoms with van der Waals surface area (Å²) in [5.41, 5.74) is 8.63. The third-order valence-electron chi connectivity index (χ3n) is 2.03. The molecule has 7 nitrogen and oxygen atoms in total. The van der Waals surface area contributed by atoms with Crippen LogP contribution < -0.4 is 5.32 Å². The van der Waals surface area contributed by atoms with Gasteiger partial charge < -0.3 is 9.84 Å². The van der Waals surface area contributed by atoms with E-state index in [1.807, 2.05) is 0 Å². The maximum atomic E-state index is 11.6. The quantitative estimate of drug-likeness (QED) is 0.377. The van der Waals surface area contributed by atoms with Crippen molar-refractivity contribution < 1.29 is 14.6 Å². The highest BCUT2D eigenvalue weighted by atomic mass is 16.6. The molecule has 1 rings (SSSR count). The number of amides is 1. The molecule has 0 unspecified atom stereocenters. The molecule has 0 fully saturated rings. The van der Waals surface area contributed by atoms with Gasteiger partial charge in [0, 0.05) is 10.6 Å². The number of carbonyl (C=O) groups is 1. The number of anilines is 1. The first-order chi connectivity index (χ1) is 8.81. The van der Waals surface area contributed by atoms with E-state index in [-0.39, 0.29) is 12.3 Å². The van der Waals surface area contributed by atoms with Gasteiger partial charge in [-0.2, -0.15) is 0 Å². The molecule has 19 heavy (non-hydrogen) atoms. The number of aromatic hydroxyl groups is 1. The summed E-state index contributed by atoms with van der Waals surface area (Å²) in [6, 6.07) is 4.36. The lowest BCUT2D eigenvalue weighted by molar-refractivity contribution is 0.0635. The van der Waals surface area contributed by atoms with E-state index in [0.717, 1.165) is 0 Å². The molecule has 0 spiro atoms. The van der Waals surface area contributed by atoms with Gasteiger partial charge in [0.05, 0.1) is 6.54 Å². The second-order valence-corrected chi connectivity index (χ2v) is 4.86. The number of azide groups is 1. The summed E-state index contributed by atoms with van der Waals surface area (Å²) in [5.74, 6) is 0.0258. The topological polar surface area (TPSA) is 107 Å². The smallest absolute Gasteiger partial charge is 0.412 e. The minimum atomic E-state index is -0.611. The first kappa shape index (κ1) is 14.7. The zero-order valence-electron chi connectivity index (χ0n) is 11.0. The number of ether oxygens (including phenoxy) is 1. The largest absolute Gasteiger partial charge is 0.508 e. The monoisotopic (exact) mass is 264 g/mol. The first-order valence-electron chi connectivity index (χ1n) is 5.64. The van der Waals surface area contributed by atoms with Crippen LogP contribution in [0.4, 0.5) is 10.5 Å². The lowest BCUT2D eigenvalue weighted by Crippen LogP contribution is -2.27. The fourth-order valence-electron chi connectivity index (χ4n) is 1.35. The summed E-state index contributed by atoms with van der Waals surface area (Å²) in [6.07, 6.45) is -0.611. The Kier molecular flexibility index (Phi) is 4.61. The molecule has 0 saturated heterocycles. The molecule has 1 amide bonds. The van der Waals surface area contributed by atoms with Crippen LogP contribution in [0.15, 0.2) is 23.3 Å². The molecule has 0 radical (unpaired) electrons. The van der Waals surface area contributed by atoms with Gasteiger partial charge in [0.2, 0.25) is 0 Å². The van der Waals surface area contributed by atoms with Crippen molar-refractivity contribution in [2.45, 2.75) is 32.9 Å². The molecule has 0 aliphatic carbocycles.